The highest BCUT2D eigenvalue weighted by Crippen LogP contribution is 2.31. The van der Waals surface area contributed by atoms with Gasteiger partial charge in [0.25, 0.3) is 0 Å². The average molecular weight is 320 g/mol. The molecule has 0 unspecified atom stereocenters. The minimum atomic E-state index is -0.265. The fourth-order valence-electron chi connectivity index (χ4n) is 2.26. The Balaban J connectivity index is 2.29. The molecule has 2 aromatic heterocycles. The lowest BCUT2D eigenvalue weighted by atomic mass is 10.1. The molecule has 0 aliphatic heterocycles. The van der Waals surface area contributed by atoms with Gasteiger partial charge in [-0.05, 0) is 51.8 Å². The maximum absolute atomic E-state index is 13.0. The molecule has 0 aliphatic rings. The Labute approximate surface area is 118 Å². The van der Waals surface area contributed by atoms with E-state index >= 15 is 0 Å². The number of halogens is 2. The van der Waals surface area contributed by atoms with Crippen LogP contribution in [0.4, 0.5) is 4.39 Å². The summed E-state index contributed by atoms with van der Waals surface area (Å²) in [6.07, 6.45) is 1.90. The number of benzene rings is 1. The van der Waals surface area contributed by atoms with Crippen LogP contribution in [0.5, 0.6) is 0 Å². The number of aliphatic hydroxyl groups excluding tert-OH is 1. The van der Waals surface area contributed by atoms with E-state index in [1.807, 2.05) is 28.8 Å². The Morgan fingerprint density at radius 1 is 1.16 bits per heavy atom. The van der Waals surface area contributed by atoms with Crippen molar-refractivity contribution < 1.29 is 9.50 Å². The summed E-state index contributed by atoms with van der Waals surface area (Å²) in [4.78, 5) is 0. The first-order valence-electron chi connectivity index (χ1n) is 5.86. The van der Waals surface area contributed by atoms with Crippen molar-refractivity contribution in [2.45, 2.75) is 6.61 Å². The fraction of sp³-hybridized carbons (Fsp3) is 0.0667. The van der Waals surface area contributed by atoms with Gasteiger partial charge in [-0.25, -0.2) is 4.39 Å². The van der Waals surface area contributed by atoms with Gasteiger partial charge in [0.2, 0.25) is 0 Å². The summed E-state index contributed by atoms with van der Waals surface area (Å²) >= 11 is 3.50. The van der Waals surface area contributed by atoms with E-state index < -0.39 is 0 Å². The van der Waals surface area contributed by atoms with Gasteiger partial charge in [-0.1, -0.05) is 12.1 Å². The predicted octanol–water partition coefficient (Wildman–Crippen LogP) is 4.00. The van der Waals surface area contributed by atoms with Gasteiger partial charge in [-0.2, -0.15) is 0 Å². The third-order valence-corrected chi connectivity index (χ3v) is 3.84. The molecule has 0 bridgehead atoms. The van der Waals surface area contributed by atoms with Crippen LogP contribution in [0, 0.1) is 5.82 Å². The van der Waals surface area contributed by atoms with E-state index in [1.54, 1.807) is 12.1 Å². The largest absolute Gasteiger partial charge is 0.390 e. The molecule has 1 aromatic carbocycles. The van der Waals surface area contributed by atoms with Crippen molar-refractivity contribution in [1.29, 1.82) is 0 Å². The summed E-state index contributed by atoms with van der Waals surface area (Å²) in [5.74, 6) is -0.265. The Bertz CT molecular complexity index is 734. The molecule has 0 saturated heterocycles. The van der Waals surface area contributed by atoms with E-state index in [9.17, 15) is 9.50 Å². The number of aliphatic hydroxyl groups is 1. The molecular weight excluding hydrogens is 309 g/mol. The van der Waals surface area contributed by atoms with Crippen LogP contribution in [0.1, 0.15) is 5.69 Å². The van der Waals surface area contributed by atoms with Gasteiger partial charge < -0.3 is 9.51 Å². The van der Waals surface area contributed by atoms with Gasteiger partial charge in [0.1, 0.15) is 5.82 Å². The molecule has 0 fully saturated rings. The van der Waals surface area contributed by atoms with Crippen LogP contribution in [0.25, 0.3) is 16.6 Å². The first kappa shape index (κ1) is 12.4. The SMILES string of the molecule is OCc1c(-c2ccc(F)cc2)cc2c(Br)cccn12. The van der Waals surface area contributed by atoms with Gasteiger partial charge in [-0.15, -0.1) is 0 Å². The summed E-state index contributed by atoms with van der Waals surface area (Å²) in [5.41, 5.74) is 3.57. The normalized spacial score (nSPS) is 11.1. The smallest absolute Gasteiger partial charge is 0.123 e. The Kier molecular flexibility index (Phi) is 3.12. The molecule has 19 heavy (non-hydrogen) atoms. The molecule has 0 saturated carbocycles. The zero-order chi connectivity index (χ0) is 13.4. The highest BCUT2D eigenvalue weighted by molar-refractivity contribution is 9.10. The van der Waals surface area contributed by atoms with E-state index in [2.05, 4.69) is 15.9 Å². The predicted molar refractivity (Wildman–Crippen MR) is 76.4 cm³/mol. The van der Waals surface area contributed by atoms with E-state index in [1.165, 1.54) is 12.1 Å². The van der Waals surface area contributed by atoms with E-state index in [-0.39, 0.29) is 12.4 Å². The molecule has 0 spiro atoms. The number of fused-ring (bicyclic) bond motifs is 1. The maximum Gasteiger partial charge on any atom is 0.123 e. The third kappa shape index (κ3) is 2.07. The van der Waals surface area contributed by atoms with Crippen LogP contribution in [-0.2, 0) is 6.61 Å². The summed E-state index contributed by atoms with van der Waals surface area (Å²) in [5, 5.41) is 9.60. The van der Waals surface area contributed by atoms with Crippen LogP contribution in [0.3, 0.4) is 0 Å². The highest BCUT2D eigenvalue weighted by Gasteiger charge is 2.12. The lowest BCUT2D eigenvalue weighted by molar-refractivity contribution is 0.276. The molecule has 0 amide bonds. The van der Waals surface area contributed by atoms with E-state index in [0.717, 1.165) is 26.8 Å². The molecule has 96 valence electrons. The molecule has 2 nitrogen and oxygen atoms in total. The second-order valence-electron chi connectivity index (χ2n) is 4.28. The quantitative estimate of drug-likeness (QED) is 0.758. The number of hydrogen-bond donors (Lipinski definition) is 1. The molecule has 1 N–H and O–H groups in total. The topological polar surface area (TPSA) is 24.6 Å². The van der Waals surface area contributed by atoms with Crippen LogP contribution in [-0.4, -0.2) is 9.51 Å². The van der Waals surface area contributed by atoms with E-state index in [0.29, 0.717) is 0 Å². The third-order valence-electron chi connectivity index (χ3n) is 3.17. The van der Waals surface area contributed by atoms with Crippen LogP contribution in [0.2, 0.25) is 0 Å². The summed E-state index contributed by atoms with van der Waals surface area (Å²) in [6.45, 7) is -0.0721. The molecule has 0 aliphatic carbocycles. The first-order chi connectivity index (χ1) is 9.20. The van der Waals surface area contributed by atoms with Gasteiger partial charge in [-0.3, -0.25) is 0 Å². The summed E-state index contributed by atoms with van der Waals surface area (Å²) in [7, 11) is 0. The van der Waals surface area contributed by atoms with Crippen molar-refractivity contribution in [3.63, 3.8) is 0 Å². The minimum Gasteiger partial charge on any atom is -0.390 e. The zero-order valence-corrected chi connectivity index (χ0v) is 11.6. The van der Waals surface area contributed by atoms with Crippen molar-refractivity contribution >= 4 is 21.4 Å². The molecule has 2 heterocycles. The number of nitrogens with zero attached hydrogens (tertiary/aromatic N) is 1. The second kappa shape index (κ2) is 4.79. The molecule has 4 heteroatoms. The van der Waals surface area contributed by atoms with Crippen LogP contribution < -0.4 is 0 Å². The Hall–Kier alpha value is -1.65. The number of pyridine rings is 1. The van der Waals surface area contributed by atoms with Crippen molar-refractivity contribution in [3.8, 4) is 11.1 Å². The number of aromatic nitrogens is 1. The van der Waals surface area contributed by atoms with Crippen LogP contribution in [0.15, 0.2) is 53.1 Å². The average Bonchev–Trinajstić information content (AvgIpc) is 2.79. The van der Waals surface area contributed by atoms with Gasteiger partial charge in [0.15, 0.2) is 0 Å². The van der Waals surface area contributed by atoms with Crippen molar-refractivity contribution in [2.75, 3.05) is 0 Å². The fourth-order valence-corrected chi connectivity index (χ4v) is 2.72. The summed E-state index contributed by atoms with van der Waals surface area (Å²) < 4.78 is 15.9. The standard InChI is InChI=1S/C15H11BrFNO/c16-13-2-1-7-18-14(13)8-12(15(18)9-19)10-3-5-11(17)6-4-10/h1-8,19H,9H2. The summed E-state index contributed by atoms with van der Waals surface area (Å²) in [6, 6.07) is 12.1. The Morgan fingerprint density at radius 3 is 2.58 bits per heavy atom. The number of rotatable bonds is 2. The van der Waals surface area contributed by atoms with Crippen molar-refractivity contribution in [3.05, 3.63) is 64.6 Å². The van der Waals surface area contributed by atoms with Gasteiger partial charge in [0.05, 0.1) is 17.8 Å². The minimum absolute atomic E-state index is 0.0721. The van der Waals surface area contributed by atoms with E-state index in [4.69, 9.17) is 0 Å². The molecule has 0 radical (unpaired) electrons. The first-order valence-corrected chi connectivity index (χ1v) is 6.65. The second-order valence-corrected chi connectivity index (χ2v) is 5.14. The Morgan fingerprint density at radius 2 is 1.89 bits per heavy atom. The monoisotopic (exact) mass is 319 g/mol. The van der Waals surface area contributed by atoms with Crippen molar-refractivity contribution in [2.24, 2.45) is 0 Å². The number of hydrogen-bond acceptors (Lipinski definition) is 1. The zero-order valence-electron chi connectivity index (χ0n) is 9.98. The molecular formula is C15H11BrFNO. The molecule has 0 atom stereocenters. The maximum atomic E-state index is 13.0. The van der Waals surface area contributed by atoms with Gasteiger partial charge >= 0.3 is 0 Å². The molecule has 3 aromatic rings. The highest BCUT2D eigenvalue weighted by atomic mass is 79.9. The lowest BCUT2D eigenvalue weighted by Crippen LogP contribution is -1.94. The molecule has 3 rings (SSSR count). The van der Waals surface area contributed by atoms with Crippen molar-refractivity contribution in [1.82, 2.24) is 4.40 Å². The van der Waals surface area contributed by atoms with Crippen LogP contribution >= 0.6 is 15.9 Å². The lowest BCUT2D eigenvalue weighted by Gasteiger charge is -2.04. The van der Waals surface area contributed by atoms with Gasteiger partial charge in [0, 0.05) is 16.2 Å².